The zero-order chi connectivity index (χ0) is 21.5. The minimum atomic E-state index is -0.126. The summed E-state index contributed by atoms with van der Waals surface area (Å²) in [5.74, 6) is 0.470. The van der Waals surface area contributed by atoms with Gasteiger partial charge in [-0.15, -0.1) is 11.3 Å². The first kappa shape index (κ1) is 20.6. The van der Waals surface area contributed by atoms with Crippen LogP contribution in [-0.2, 0) is 24.4 Å². The average molecular weight is 435 g/mol. The van der Waals surface area contributed by atoms with Crippen molar-refractivity contribution in [2.24, 2.45) is 0 Å². The number of benzene rings is 1. The van der Waals surface area contributed by atoms with Crippen LogP contribution in [0.3, 0.4) is 0 Å². The van der Waals surface area contributed by atoms with Gasteiger partial charge in [0.1, 0.15) is 5.76 Å². The number of carbonyl (C=O) groups is 2. The van der Waals surface area contributed by atoms with Crippen molar-refractivity contribution in [3.05, 3.63) is 95.1 Å². The second-order valence-corrected chi connectivity index (χ2v) is 8.03. The van der Waals surface area contributed by atoms with E-state index in [1.165, 1.54) is 0 Å². The highest BCUT2D eigenvalue weighted by Gasteiger charge is 2.19. The summed E-state index contributed by atoms with van der Waals surface area (Å²) in [5.41, 5.74) is 1.10. The van der Waals surface area contributed by atoms with Crippen LogP contribution in [0.4, 0.5) is 5.69 Å². The summed E-state index contributed by atoms with van der Waals surface area (Å²) < 4.78 is 7.29. The van der Waals surface area contributed by atoms with Crippen LogP contribution in [0.2, 0.25) is 0 Å². The SMILES string of the molecule is O=C(CCn1ccnc1)Nc1cccc(C(=O)N(Cc2ccco2)Cc2cccs2)c1. The fourth-order valence-corrected chi connectivity index (χ4v) is 3.89. The predicted molar refractivity (Wildman–Crippen MR) is 119 cm³/mol. The van der Waals surface area contributed by atoms with Gasteiger partial charge < -0.3 is 19.2 Å². The van der Waals surface area contributed by atoms with E-state index in [1.807, 2.05) is 40.4 Å². The smallest absolute Gasteiger partial charge is 0.254 e. The number of nitrogens with one attached hydrogen (secondary N) is 1. The molecule has 0 unspecified atom stereocenters. The topological polar surface area (TPSA) is 80.4 Å². The van der Waals surface area contributed by atoms with Gasteiger partial charge >= 0.3 is 0 Å². The third-order valence-electron chi connectivity index (χ3n) is 4.69. The zero-order valence-corrected chi connectivity index (χ0v) is 17.6. The van der Waals surface area contributed by atoms with Gasteiger partial charge in [-0.3, -0.25) is 9.59 Å². The molecule has 1 aromatic carbocycles. The van der Waals surface area contributed by atoms with Crippen LogP contribution < -0.4 is 5.32 Å². The molecule has 0 aliphatic rings. The van der Waals surface area contributed by atoms with Crippen LogP contribution in [0, 0.1) is 0 Å². The molecule has 0 bridgehead atoms. The summed E-state index contributed by atoms with van der Waals surface area (Å²) in [7, 11) is 0. The first-order valence-corrected chi connectivity index (χ1v) is 10.7. The average Bonchev–Trinajstić information content (AvgIpc) is 3.55. The molecule has 0 saturated carbocycles. The second kappa shape index (κ2) is 9.90. The Kier molecular flexibility index (Phi) is 6.59. The van der Waals surface area contributed by atoms with Crippen LogP contribution >= 0.6 is 11.3 Å². The first-order valence-electron chi connectivity index (χ1n) is 9.87. The Morgan fingerprint density at radius 2 is 2.06 bits per heavy atom. The number of furan rings is 1. The van der Waals surface area contributed by atoms with Crippen molar-refractivity contribution >= 4 is 28.8 Å². The Bertz CT molecular complexity index is 1070. The maximum absolute atomic E-state index is 13.3. The summed E-state index contributed by atoms with van der Waals surface area (Å²) in [6, 6.07) is 14.7. The number of aromatic nitrogens is 2. The molecule has 1 N–H and O–H groups in total. The molecule has 3 heterocycles. The number of aryl methyl sites for hydroxylation is 1. The number of anilines is 1. The Morgan fingerprint density at radius 3 is 2.81 bits per heavy atom. The van der Waals surface area contributed by atoms with Crippen LogP contribution in [0.15, 0.2) is 83.3 Å². The van der Waals surface area contributed by atoms with E-state index < -0.39 is 0 Å². The number of nitrogens with zero attached hydrogens (tertiary/aromatic N) is 3. The van der Waals surface area contributed by atoms with Gasteiger partial charge in [-0.05, 0) is 41.8 Å². The number of rotatable bonds is 9. The molecule has 0 spiro atoms. The quantitative estimate of drug-likeness (QED) is 0.423. The number of imidazole rings is 1. The zero-order valence-electron chi connectivity index (χ0n) is 16.8. The second-order valence-electron chi connectivity index (χ2n) is 7.00. The van der Waals surface area contributed by atoms with Crippen molar-refractivity contribution in [1.29, 1.82) is 0 Å². The maximum Gasteiger partial charge on any atom is 0.254 e. The summed E-state index contributed by atoms with van der Waals surface area (Å²) >= 11 is 1.60. The molecular weight excluding hydrogens is 412 g/mol. The fraction of sp³-hybridized carbons (Fsp3) is 0.174. The number of amides is 2. The van der Waals surface area contributed by atoms with Crippen LogP contribution in [0.5, 0.6) is 0 Å². The summed E-state index contributed by atoms with van der Waals surface area (Å²) in [6.07, 6.45) is 7.08. The number of hydrogen-bond donors (Lipinski definition) is 1. The van der Waals surface area contributed by atoms with Gasteiger partial charge in [0.15, 0.2) is 0 Å². The highest BCUT2D eigenvalue weighted by Crippen LogP contribution is 2.19. The van der Waals surface area contributed by atoms with Crippen LogP contribution in [0.25, 0.3) is 0 Å². The van der Waals surface area contributed by atoms with Gasteiger partial charge in [0.05, 0.1) is 25.7 Å². The minimum Gasteiger partial charge on any atom is -0.467 e. The van der Waals surface area contributed by atoms with Gasteiger partial charge in [0.2, 0.25) is 5.91 Å². The Hall–Kier alpha value is -3.65. The highest BCUT2D eigenvalue weighted by molar-refractivity contribution is 7.09. The molecule has 0 saturated heterocycles. The lowest BCUT2D eigenvalue weighted by molar-refractivity contribution is -0.116. The Balaban J connectivity index is 1.44. The highest BCUT2D eigenvalue weighted by atomic mass is 32.1. The largest absolute Gasteiger partial charge is 0.467 e. The number of thiophene rings is 1. The molecule has 8 heteroatoms. The van der Waals surface area contributed by atoms with E-state index in [0.29, 0.717) is 43.1 Å². The van der Waals surface area contributed by atoms with E-state index in [9.17, 15) is 9.59 Å². The number of hydrogen-bond acceptors (Lipinski definition) is 5. The van der Waals surface area contributed by atoms with Gasteiger partial charge in [-0.2, -0.15) is 0 Å². The van der Waals surface area contributed by atoms with E-state index in [0.717, 1.165) is 4.88 Å². The van der Waals surface area contributed by atoms with Gasteiger partial charge in [-0.1, -0.05) is 12.1 Å². The molecule has 2 amide bonds. The normalized spacial score (nSPS) is 10.7. The molecule has 4 rings (SSSR count). The monoisotopic (exact) mass is 434 g/mol. The van der Waals surface area contributed by atoms with Crippen LogP contribution in [0.1, 0.15) is 27.4 Å². The lowest BCUT2D eigenvalue weighted by atomic mass is 10.1. The number of carbonyl (C=O) groups excluding carboxylic acids is 2. The molecule has 4 aromatic rings. The van der Waals surface area contributed by atoms with Crippen LogP contribution in [-0.4, -0.2) is 26.3 Å². The molecule has 0 fully saturated rings. The van der Waals surface area contributed by atoms with E-state index in [-0.39, 0.29) is 11.8 Å². The third kappa shape index (κ3) is 5.70. The van der Waals surface area contributed by atoms with Crippen molar-refractivity contribution in [3.8, 4) is 0 Å². The van der Waals surface area contributed by atoms with E-state index in [1.54, 1.807) is 59.3 Å². The fourth-order valence-electron chi connectivity index (χ4n) is 3.17. The first-order chi connectivity index (χ1) is 15.2. The molecule has 0 aliphatic carbocycles. The van der Waals surface area contributed by atoms with Crippen molar-refractivity contribution in [2.45, 2.75) is 26.1 Å². The lowest BCUT2D eigenvalue weighted by Crippen LogP contribution is -2.29. The van der Waals surface area contributed by atoms with Gasteiger partial charge in [0, 0.05) is 41.5 Å². The summed E-state index contributed by atoms with van der Waals surface area (Å²) in [6.45, 7) is 1.39. The molecule has 158 valence electrons. The van der Waals surface area contributed by atoms with Crippen molar-refractivity contribution in [2.75, 3.05) is 5.32 Å². The van der Waals surface area contributed by atoms with E-state index in [2.05, 4.69) is 10.3 Å². The third-order valence-corrected chi connectivity index (χ3v) is 5.55. The predicted octanol–water partition coefficient (Wildman–Crippen LogP) is 4.41. The minimum absolute atomic E-state index is 0.121. The molecule has 0 radical (unpaired) electrons. The molecule has 7 nitrogen and oxygen atoms in total. The standard InChI is InChI=1S/C23H22N4O3S/c28-22(8-10-26-11-9-24-17-26)25-19-5-1-4-18(14-19)23(29)27(15-20-6-2-12-30-20)16-21-7-3-13-31-21/h1-7,9,11-14,17H,8,10,15-16H2,(H,25,28). The molecule has 0 atom stereocenters. The molecule has 31 heavy (non-hydrogen) atoms. The van der Waals surface area contributed by atoms with Gasteiger partial charge in [0.25, 0.3) is 5.91 Å². The Labute approximate surface area is 183 Å². The molecule has 3 aromatic heterocycles. The summed E-state index contributed by atoms with van der Waals surface area (Å²) in [4.78, 5) is 32.4. The summed E-state index contributed by atoms with van der Waals surface area (Å²) in [5, 5.41) is 4.86. The molecular formula is C23H22N4O3S. The molecule has 0 aliphatic heterocycles. The van der Waals surface area contributed by atoms with Gasteiger partial charge in [-0.25, -0.2) is 4.98 Å². The Morgan fingerprint density at radius 1 is 1.13 bits per heavy atom. The van der Waals surface area contributed by atoms with E-state index in [4.69, 9.17) is 4.42 Å². The van der Waals surface area contributed by atoms with Crippen molar-refractivity contribution in [1.82, 2.24) is 14.5 Å². The van der Waals surface area contributed by atoms with E-state index >= 15 is 0 Å². The van der Waals surface area contributed by atoms with Crippen molar-refractivity contribution < 1.29 is 14.0 Å². The maximum atomic E-state index is 13.3. The lowest BCUT2D eigenvalue weighted by Gasteiger charge is -2.21. The van der Waals surface area contributed by atoms with Crippen molar-refractivity contribution in [3.63, 3.8) is 0 Å².